The van der Waals surface area contributed by atoms with Gasteiger partial charge in [-0.3, -0.25) is 5.10 Å². The van der Waals surface area contributed by atoms with Crippen molar-refractivity contribution >= 4 is 5.69 Å². The van der Waals surface area contributed by atoms with Crippen LogP contribution in [0.2, 0.25) is 0 Å². The second-order valence-corrected chi connectivity index (χ2v) is 6.10. The maximum Gasteiger partial charge on any atom is 0.116 e. The predicted molar refractivity (Wildman–Crippen MR) is 94.3 cm³/mol. The molecule has 1 aromatic carbocycles. The number of anilines is 1. The number of hydrogen-bond acceptors (Lipinski definition) is 5. The third-order valence-corrected chi connectivity index (χ3v) is 4.56. The largest absolute Gasteiger partial charge is 0.399 e. The summed E-state index contributed by atoms with van der Waals surface area (Å²) in [5.41, 5.74) is 11.7. The quantitative estimate of drug-likeness (QED) is 0.645. The molecular formula is C18H20N6. The summed E-state index contributed by atoms with van der Waals surface area (Å²) in [4.78, 5) is 8.51. The topological polar surface area (TPSA) is 92.5 Å². The molecule has 6 nitrogen and oxygen atoms in total. The van der Waals surface area contributed by atoms with Crippen LogP contribution < -0.4 is 11.1 Å². The summed E-state index contributed by atoms with van der Waals surface area (Å²) in [6.07, 6.45) is 5.55. The molecule has 1 aliphatic heterocycles. The van der Waals surface area contributed by atoms with Gasteiger partial charge in [0.25, 0.3) is 0 Å². The van der Waals surface area contributed by atoms with Gasteiger partial charge >= 0.3 is 0 Å². The molecule has 2 aromatic heterocycles. The number of aromatic amines is 1. The van der Waals surface area contributed by atoms with Gasteiger partial charge in [0, 0.05) is 34.6 Å². The lowest BCUT2D eigenvalue weighted by Gasteiger charge is -2.22. The van der Waals surface area contributed by atoms with E-state index in [0.717, 1.165) is 54.1 Å². The Bertz CT molecular complexity index is 803. The SMILES string of the molecule is Nc1ccc(-c2n[nH]c(C3CCNCC3)c2-c2ccncn2)cc1. The molecule has 0 radical (unpaired) electrons. The van der Waals surface area contributed by atoms with Crippen LogP contribution in [0.3, 0.4) is 0 Å². The summed E-state index contributed by atoms with van der Waals surface area (Å²) < 4.78 is 0. The number of piperidine rings is 1. The van der Waals surface area contributed by atoms with E-state index in [1.54, 1.807) is 12.5 Å². The first kappa shape index (κ1) is 14.8. The Kier molecular flexibility index (Phi) is 3.96. The molecule has 3 heterocycles. The number of benzene rings is 1. The number of nitrogen functional groups attached to an aromatic ring is 1. The highest BCUT2D eigenvalue weighted by Crippen LogP contribution is 2.38. The minimum Gasteiger partial charge on any atom is -0.399 e. The molecule has 4 rings (SSSR count). The summed E-state index contributed by atoms with van der Waals surface area (Å²) >= 11 is 0. The van der Waals surface area contributed by atoms with Gasteiger partial charge in [0.1, 0.15) is 12.0 Å². The summed E-state index contributed by atoms with van der Waals surface area (Å²) in [5.74, 6) is 0.464. The molecule has 0 saturated carbocycles. The van der Waals surface area contributed by atoms with Crippen molar-refractivity contribution in [3.63, 3.8) is 0 Å². The number of rotatable bonds is 3. The van der Waals surface area contributed by atoms with E-state index in [1.807, 2.05) is 30.3 Å². The molecule has 0 aliphatic carbocycles. The molecule has 6 heteroatoms. The van der Waals surface area contributed by atoms with Crippen LogP contribution in [0.4, 0.5) is 5.69 Å². The number of H-pyrrole nitrogens is 1. The number of aromatic nitrogens is 4. The van der Waals surface area contributed by atoms with Crippen molar-refractivity contribution < 1.29 is 0 Å². The molecule has 0 atom stereocenters. The van der Waals surface area contributed by atoms with Gasteiger partial charge in [0.2, 0.25) is 0 Å². The minimum absolute atomic E-state index is 0.464. The lowest BCUT2D eigenvalue weighted by molar-refractivity contribution is 0.453. The van der Waals surface area contributed by atoms with Crippen LogP contribution in [-0.2, 0) is 0 Å². The fraction of sp³-hybridized carbons (Fsp3) is 0.278. The average molecular weight is 320 g/mol. The Labute approximate surface area is 140 Å². The van der Waals surface area contributed by atoms with Crippen LogP contribution in [0.25, 0.3) is 22.5 Å². The highest BCUT2D eigenvalue weighted by atomic mass is 15.1. The van der Waals surface area contributed by atoms with Crippen molar-refractivity contribution in [3.8, 4) is 22.5 Å². The Balaban J connectivity index is 1.84. The lowest BCUT2D eigenvalue weighted by atomic mass is 9.89. The first-order valence-electron chi connectivity index (χ1n) is 8.24. The second-order valence-electron chi connectivity index (χ2n) is 6.10. The summed E-state index contributed by atoms with van der Waals surface area (Å²) in [6.45, 7) is 2.06. The second kappa shape index (κ2) is 6.41. The monoisotopic (exact) mass is 320 g/mol. The number of hydrogen-bond donors (Lipinski definition) is 3. The van der Waals surface area contributed by atoms with E-state index in [4.69, 9.17) is 5.73 Å². The van der Waals surface area contributed by atoms with Crippen molar-refractivity contribution in [3.05, 3.63) is 48.5 Å². The Morgan fingerprint density at radius 2 is 1.83 bits per heavy atom. The normalized spacial score (nSPS) is 15.5. The Hall–Kier alpha value is -2.73. The van der Waals surface area contributed by atoms with E-state index in [-0.39, 0.29) is 0 Å². The number of nitrogens with two attached hydrogens (primary N) is 1. The average Bonchev–Trinajstić information content (AvgIpc) is 3.09. The molecule has 0 bridgehead atoms. The predicted octanol–water partition coefficient (Wildman–Crippen LogP) is 2.58. The van der Waals surface area contributed by atoms with Gasteiger partial charge in [-0.25, -0.2) is 9.97 Å². The standard InChI is InChI=1S/C18H20N6/c19-14-3-1-12(2-4-14)17-16(15-7-10-21-11-22-15)18(24-23-17)13-5-8-20-9-6-13/h1-4,7,10-11,13,20H,5-6,8-9,19H2,(H,23,24). The minimum atomic E-state index is 0.464. The maximum atomic E-state index is 5.82. The molecule has 0 amide bonds. The number of nitrogens with zero attached hydrogens (tertiary/aromatic N) is 3. The molecule has 4 N–H and O–H groups in total. The van der Waals surface area contributed by atoms with E-state index >= 15 is 0 Å². The van der Waals surface area contributed by atoms with Crippen LogP contribution in [-0.4, -0.2) is 33.3 Å². The van der Waals surface area contributed by atoms with Gasteiger partial charge in [-0.1, -0.05) is 12.1 Å². The van der Waals surface area contributed by atoms with Crippen LogP contribution >= 0.6 is 0 Å². The van der Waals surface area contributed by atoms with Crippen molar-refractivity contribution in [1.82, 2.24) is 25.5 Å². The highest BCUT2D eigenvalue weighted by molar-refractivity contribution is 5.81. The van der Waals surface area contributed by atoms with E-state index in [0.29, 0.717) is 5.92 Å². The number of nitrogens with one attached hydrogen (secondary N) is 2. The van der Waals surface area contributed by atoms with Crippen LogP contribution in [0, 0.1) is 0 Å². The maximum absolute atomic E-state index is 5.82. The molecular weight excluding hydrogens is 300 g/mol. The molecule has 122 valence electrons. The van der Waals surface area contributed by atoms with E-state index < -0.39 is 0 Å². The molecule has 24 heavy (non-hydrogen) atoms. The Morgan fingerprint density at radius 1 is 1.04 bits per heavy atom. The van der Waals surface area contributed by atoms with Crippen LogP contribution in [0.5, 0.6) is 0 Å². The Morgan fingerprint density at radius 3 is 2.54 bits per heavy atom. The van der Waals surface area contributed by atoms with Gasteiger partial charge in [0.15, 0.2) is 0 Å². The van der Waals surface area contributed by atoms with Gasteiger partial charge < -0.3 is 11.1 Å². The first-order chi connectivity index (χ1) is 11.8. The van der Waals surface area contributed by atoms with Crippen molar-refractivity contribution in [1.29, 1.82) is 0 Å². The first-order valence-corrected chi connectivity index (χ1v) is 8.24. The van der Waals surface area contributed by atoms with Crippen molar-refractivity contribution in [2.24, 2.45) is 0 Å². The van der Waals surface area contributed by atoms with E-state index in [1.165, 1.54) is 5.69 Å². The van der Waals surface area contributed by atoms with Gasteiger partial charge in [-0.2, -0.15) is 5.10 Å². The molecule has 1 aliphatic rings. The fourth-order valence-corrected chi connectivity index (χ4v) is 3.31. The molecule has 1 fully saturated rings. The summed E-state index contributed by atoms with van der Waals surface area (Å²) in [5, 5.41) is 11.3. The van der Waals surface area contributed by atoms with Crippen LogP contribution in [0.1, 0.15) is 24.5 Å². The lowest BCUT2D eigenvalue weighted by Crippen LogP contribution is -2.27. The third-order valence-electron chi connectivity index (χ3n) is 4.56. The van der Waals surface area contributed by atoms with Gasteiger partial charge in [0.05, 0.1) is 5.69 Å². The van der Waals surface area contributed by atoms with Crippen molar-refractivity contribution in [2.75, 3.05) is 18.8 Å². The molecule has 0 spiro atoms. The van der Waals surface area contributed by atoms with Gasteiger partial charge in [-0.15, -0.1) is 0 Å². The zero-order valence-electron chi connectivity index (χ0n) is 13.4. The molecule has 3 aromatic rings. The zero-order chi connectivity index (χ0) is 16.4. The zero-order valence-corrected chi connectivity index (χ0v) is 13.4. The molecule has 1 saturated heterocycles. The van der Waals surface area contributed by atoms with Gasteiger partial charge in [-0.05, 0) is 44.1 Å². The fourth-order valence-electron chi connectivity index (χ4n) is 3.31. The highest BCUT2D eigenvalue weighted by Gasteiger charge is 2.25. The van der Waals surface area contributed by atoms with Crippen molar-refractivity contribution in [2.45, 2.75) is 18.8 Å². The van der Waals surface area contributed by atoms with Crippen LogP contribution in [0.15, 0.2) is 42.9 Å². The molecule has 0 unspecified atom stereocenters. The smallest absolute Gasteiger partial charge is 0.116 e. The summed E-state index contributed by atoms with van der Waals surface area (Å²) in [7, 11) is 0. The summed E-state index contributed by atoms with van der Waals surface area (Å²) in [6, 6.07) is 9.75. The third kappa shape index (κ3) is 2.76. The van der Waals surface area contributed by atoms with E-state index in [9.17, 15) is 0 Å². The van der Waals surface area contributed by atoms with E-state index in [2.05, 4.69) is 25.5 Å².